The van der Waals surface area contributed by atoms with Gasteiger partial charge in [0.2, 0.25) is 0 Å². The van der Waals surface area contributed by atoms with E-state index in [0.717, 1.165) is 12.5 Å². The molecule has 1 fully saturated rings. The van der Waals surface area contributed by atoms with E-state index in [4.69, 9.17) is 5.73 Å². The van der Waals surface area contributed by atoms with Crippen molar-refractivity contribution in [2.75, 3.05) is 31.1 Å². The first-order valence-electron chi connectivity index (χ1n) is 4.42. The molecule has 0 saturated carbocycles. The Labute approximate surface area is 73.3 Å². The van der Waals surface area contributed by atoms with Crippen LogP contribution < -0.4 is 11.1 Å². The van der Waals surface area contributed by atoms with Gasteiger partial charge in [-0.2, -0.15) is 11.8 Å². The van der Waals surface area contributed by atoms with Crippen LogP contribution in [0.2, 0.25) is 0 Å². The Morgan fingerprint density at radius 3 is 3.09 bits per heavy atom. The van der Waals surface area contributed by atoms with Gasteiger partial charge in [-0.25, -0.2) is 0 Å². The van der Waals surface area contributed by atoms with E-state index in [-0.39, 0.29) is 0 Å². The highest BCUT2D eigenvalue weighted by Crippen LogP contribution is 2.15. The summed E-state index contributed by atoms with van der Waals surface area (Å²) in [7, 11) is 0. The van der Waals surface area contributed by atoms with E-state index in [0.29, 0.717) is 0 Å². The highest BCUT2D eigenvalue weighted by atomic mass is 32.2. The van der Waals surface area contributed by atoms with Gasteiger partial charge in [0, 0.05) is 0 Å². The summed E-state index contributed by atoms with van der Waals surface area (Å²) in [5.74, 6) is 3.50. The van der Waals surface area contributed by atoms with E-state index < -0.39 is 0 Å². The Balaban J connectivity index is 1.86. The van der Waals surface area contributed by atoms with Crippen molar-refractivity contribution >= 4 is 11.8 Å². The molecule has 3 heteroatoms. The molecule has 1 aliphatic heterocycles. The molecule has 0 aromatic carbocycles. The van der Waals surface area contributed by atoms with Crippen LogP contribution in [0.3, 0.4) is 0 Å². The van der Waals surface area contributed by atoms with Gasteiger partial charge in [0.05, 0.1) is 0 Å². The molecule has 1 atom stereocenters. The topological polar surface area (TPSA) is 38.0 Å². The van der Waals surface area contributed by atoms with Crippen molar-refractivity contribution < 1.29 is 0 Å². The molecule has 1 saturated heterocycles. The van der Waals surface area contributed by atoms with E-state index in [1.165, 1.54) is 37.4 Å². The normalized spacial score (nSPS) is 24.3. The summed E-state index contributed by atoms with van der Waals surface area (Å²) < 4.78 is 0. The molecule has 1 unspecified atom stereocenters. The van der Waals surface area contributed by atoms with E-state index in [1.54, 1.807) is 0 Å². The maximum absolute atomic E-state index is 5.40. The third-order valence-corrected chi connectivity index (χ3v) is 3.29. The van der Waals surface area contributed by atoms with Gasteiger partial charge in [-0.1, -0.05) is 0 Å². The van der Waals surface area contributed by atoms with Crippen LogP contribution in [0.1, 0.15) is 12.8 Å². The molecule has 2 nitrogen and oxygen atoms in total. The molecule has 0 aromatic heterocycles. The molecule has 0 amide bonds. The molecule has 0 radical (unpaired) electrons. The van der Waals surface area contributed by atoms with Crippen LogP contribution in [0.15, 0.2) is 0 Å². The second-order valence-electron chi connectivity index (χ2n) is 3.08. The first kappa shape index (κ1) is 9.36. The Bertz CT molecular complexity index is 92.1. The predicted octanol–water partition coefficient (Wildman–Crippen LogP) is 0.678. The largest absolute Gasteiger partial charge is 0.330 e. The monoisotopic (exact) mass is 174 g/mol. The van der Waals surface area contributed by atoms with Crippen LogP contribution in [0.5, 0.6) is 0 Å². The number of rotatable bonds is 5. The Kier molecular flexibility index (Phi) is 4.99. The smallest absolute Gasteiger partial charge is 0.00121 e. The highest BCUT2D eigenvalue weighted by molar-refractivity contribution is 7.99. The standard InChI is InChI=1S/C8H18N2S/c9-3-1-5-11-7-8-2-4-10-6-8/h8,10H,1-7,9H2. The van der Waals surface area contributed by atoms with E-state index >= 15 is 0 Å². The molecule has 0 spiro atoms. The zero-order chi connectivity index (χ0) is 7.94. The third kappa shape index (κ3) is 3.99. The fourth-order valence-electron chi connectivity index (χ4n) is 1.29. The second kappa shape index (κ2) is 5.86. The van der Waals surface area contributed by atoms with Gasteiger partial charge in [-0.15, -0.1) is 0 Å². The molecule has 1 aliphatic rings. The quantitative estimate of drug-likeness (QED) is 0.602. The predicted molar refractivity (Wildman–Crippen MR) is 52.0 cm³/mol. The minimum Gasteiger partial charge on any atom is -0.330 e. The lowest BCUT2D eigenvalue weighted by Gasteiger charge is -2.06. The van der Waals surface area contributed by atoms with Crippen LogP contribution in [0.4, 0.5) is 0 Å². The number of hydrogen-bond acceptors (Lipinski definition) is 3. The van der Waals surface area contributed by atoms with Crippen LogP contribution in [0.25, 0.3) is 0 Å². The summed E-state index contributed by atoms with van der Waals surface area (Å²) in [6.07, 6.45) is 2.54. The van der Waals surface area contributed by atoms with Gasteiger partial charge >= 0.3 is 0 Å². The van der Waals surface area contributed by atoms with Gasteiger partial charge in [-0.3, -0.25) is 0 Å². The summed E-state index contributed by atoms with van der Waals surface area (Å²) in [5, 5.41) is 3.38. The average molecular weight is 174 g/mol. The summed E-state index contributed by atoms with van der Waals surface area (Å²) in [6.45, 7) is 3.30. The minimum absolute atomic E-state index is 0.843. The zero-order valence-corrected chi connectivity index (χ0v) is 7.83. The van der Waals surface area contributed by atoms with Crippen molar-refractivity contribution in [2.45, 2.75) is 12.8 Å². The molecule has 66 valence electrons. The van der Waals surface area contributed by atoms with Gasteiger partial charge in [0.15, 0.2) is 0 Å². The van der Waals surface area contributed by atoms with Crippen LogP contribution in [-0.4, -0.2) is 31.1 Å². The minimum atomic E-state index is 0.843. The van der Waals surface area contributed by atoms with E-state index in [2.05, 4.69) is 17.1 Å². The van der Waals surface area contributed by atoms with Crippen molar-refractivity contribution in [1.82, 2.24) is 5.32 Å². The van der Waals surface area contributed by atoms with Gasteiger partial charge < -0.3 is 11.1 Å². The molecule has 1 heterocycles. The van der Waals surface area contributed by atoms with Gasteiger partial charge in [-0.05, 0) is 49.9 Å². The summed E-state index contributed by atoms with van der Waals surface area (Å²) in [4.78, 5) is 0. The van der Waals surface area contributed by atoms with Crippen LogP contribution >= 0.6 is 11.8 Å². The SMILES string of the molecule is NCCCSCC1CCNC1. The third-order valence-electron chi connectivity index (χ3n) is 2.01. The maximum atomic E-state index is 5.40. The first-order chi connectivity index (χ1) is 5.43. The zero-order valence-electron chi connectivity index (χ0n) is 7.01. The summed E-state index contributed by atoms with van der Waals surface area (Å²) in [6, 6.07) is 0. The number of nitrogens with two attached hydrogens (primary N) is 1. The molecule has 0 aromatic rings. The molecule has 3 N–H and O–H groups in total. The number of hydrogen-bond donors (Lipinski definition) is 2. The van der Waals surface area contributed by atoms with Crippen LogP contribution in [0, 0.1) is 5.92 Å². The number of nitrogens with one attached hydrogen (secondary N) is 1. The Morgan fingerprint density at radius 1 is 1.55 bits per heavy atom. The fourth-order valence-corrected chi connectivity index (χ4v) is 2.45. The van der Waals surface area contributed by atoms with Crippen molar-refractivity contribution in [2.24, 2.45) is 11.7 Å². The molecule has 0 aliphatic carbocycles. The van der Waals surface area contributed by atoms with E-state index in [1.807, 2.05) is 0 Å². The van der Waals surface area contributed by atoms with Crippen molar-refractivity contribution in [3.05, 3.63) is 0 Å². The lowest BCUT2D eigenvalue weighted by molar-refractivity contribution is 0.662. The Morgan fingerprint density at radius 2 is 2.45 bits per heavy atom. The molecule has 1 rings (SSSR count). The number of thioether (sulfide) groups is 1. The summed E-state index contributed by atoms with van der Waals surface area (Å²) in [5.41, 5.74) is 5.40. The van der Waals surface area contributed by atoms with Crippen molar-refractivity contribution in [3.63, 3.8) is 0 Å². The first-order valence-corrected chi connectivity index (χ1v) is 5.57. The molecular formula is C8H18N2S. The molecular weight excluding hydrogens is 156 g/mol. The second-order valence-corrected chi connectivity index (χ2v) is 4.23. The van der Waals surface area contributed by atoms with Crippen molar-refractivity contribution in [3.8, 4) is 0 Å². The van der Waals surface area contributed by atoms with Gasteiger partial charge in [0.1, 0.15) is 0 Å². The maximum Gasteiger partial charge on any atom is -0.00121 e. The fraction of sp³-hybridized carbons (Fsp3) is 1.00. The Hall–Kier alpha value is 0.270. The summed E-state index contributed by atoms with van der Waals surface area (Å²) >= 11 is 2.06. The van der Waals surface area contributed by atoms with Gasteiger partial charge in [0.25, 0.3) is 0 Å². The lowest BCUT2D eigenvalue weighted by atomic mass is 10.2. The highest BCUT2D eigenvalue weighted by Gasteiger charge is 2.13. The molecule has 11 heavy (non-hydrogen) atoms. The van der Waals surface area contributed by atoms with E-state index in [9.17, 15) is 0 Å². The van der Waals surface area contributed by atoms with Crippen molar-refractivity contribution in [1.29, 1.82) is 0 Å². The molecule has 0 bridgehead atoms. The van der Waals surface area contributed by atoms with Crippen LogP contribution in [-0.2, 0) is 0 Å². The average Bonchev–Trinajstić information content (AvgIpc) is 2.50. The lowest BCUT2D eigenvalue weighted by Crippen LogP contribution is -2.11.